The fourth-order valence-corrected chi connectivity index (χ4v) is 4.26. The summed E-state index contributed by atoms with van der Waals surface area (Å²) < 4.78 is 7.83. The zero-order valence-corrected chi connectivity index (χ0v) is 13.3. The minimum absolute atomic E-state index is 0.469. The van der Waals surface area contributed by atoms with Crippen LogP contribution >= 0.6 is 0 Å². The van der Waals surface area contributed by atoms with Crippen molar-refractivity contribution in [2.24, 2.45) is 0 Å². The molecule has 0 amide bonds. The topological polar surface area (TPSA) is 55.2 Å². The number of aromatic amines is 1. The number of H-pyrrole nitrogens is 1. The molecule has 1 aliphatic carbocycles. The van der Waals surface area contributed by atoms with Gasteiger partial charge in [0.2, 0.25) is 0 Å². The van der Waals surface area contributed by atoms with Gasteiger partial charge in [-0.15, -0.1) is 0 Å². The molecule has 5 rings (SSSR count). The molecule has 0 spiro atoms. The molecule has 1 aliphatic heterocycles. The van der Waals surface area contributed by atoms with Crippen LogP contribution in [0.4, 0.5) is 0 Å². The number of aromatic nitrogens is 4. The Morgan fingerprint density at radius 3 is 2.87 bits per heavy atom. The summed E-state index contributed by atoms with van der Waals surface area (Å²) in [5.74, 6) is 1.09. The van der Waals surface area contributed by atoms with E-state index in [0.717, 1.165) is 30.9 Å². The molecule has 0 aromatic carbocycles. The second-order valence-corrected chi connectivity index (χ2v) is 6.99. The lowest BCUT2D eigenvalue weighted by molar-refractivity contribution is 0.194. The first-order chi connectivity index (χ1) is 11.4. The Labute approximate surface area is 135 Å². The van der Waals surface area contributed by atoms with Crippen LogP contribution in [0.3, 0.4) is 0 Å². The Balaban J connectivity index is 1.65. The van der Waals surface area contributed by atoms with Crippen molar-refractivity contribution in [3.63, 3.8) is 0 Å². The lowest BCUT2D eigenvalue weighted by Crippen LogP contribution is -2.04. The van der Waals surface area contributed by atoms with Crippen molar-refractivity contribution in [3.05, 3.63) is 29.8 Å². The van der Waals surface area contributed by atoms with E-state index in [9.17, 15) is 0 Å². The van der Waals surface area contributed by atoms with E-state index in [0.29, 0.717) is 11.8 Å². The van der Waals surface area contributed by atoms with E-state index in [1.165, 1.54) is 48.9 Å². The van der Waals surface area contributed by atoms with Crippen LogP contribution < -0.4 is 0 Å². The highest BCUT2D eigenvalue weighted by Crippen LogP contribution is 2.34. The molecule has 1 saturated carbocycles. The number of nitrogens with one attached hydrogen (secondary N) is 1. The molecule has 0 radical (unpaired) electrons. The van der Waals surface area contributed by atoms with Gasteiger partial charge in [0.15, 0.2) is 11.3 Å². The van der Waals surface area contributed by atoms with Gasteiger partial charge >= 0.3 is 0 Å². The third kappa shape index (κ3) is 2.17. The Hall–Kier alpha value is -1.88. The maximum absolute atomic E-state index is 5.58. The summed E-state index contributed by atoms with van der Waals surface area (Å²) in [6, 6.07) is 0. The highest BCUT2D eigenvalue weighted by Gasteiger charge is 2.24. The largest absolute Gasteiger partial charge is 0.381 e. The zero-order valence-electron chi connectivity index (χ0n) is 13.3. The molecular formula is C18H22N4O. The molecule has 3 aromatic heterocycles. The Morgan fingerprint density at radius 1 is 1.13 bits per heavy atom. The van der Waals surface area contributed by atoms with E-state index in [4.69, 9.17) is 9.72 Å². The van der Waals surface area contributed by atoms with Crippen LogP contribution in [0.25, 0.3) is 16.8 Å². The summed E-state index contributed by atoms with van der Waals surface area (Å²) in [6.07, 6.45) is 13.9. The summed E-state index contributed by atoms with van der Waals surface area (Å²) in [6.45, 7) is 1.67. The zero-order chi connectivity index (χ0) is 15.2. The van der Waals surface area contributed by atoms with E-state index in [2.05, 4.69) is 26.8 Å². The molecular weight excluding hydrogens is 288 g/mol. The minimum Gasteiger partial charge on any atom is -0.381 e. The number of rotatable bonds is 2. The number of imidazole rings is 1. The van der Waals surface area contributed by atoms with E-state index in [1.807, 2.05) is 6.20 Å². The van der Waals surface area contributed by atoms with Crippen LogP contribution in [0.2, 0.25) is 0 Å². The predicted octanol–water partition coefficient (Wildman–Crippen LogP) is 3.76. The van der Waals surface area contributed by atoms with Gasteiger partial charge in [-0.2, -0.15) is 0 Å². The monoisotopic (exact) mass is 310 g/mol. The standard InChI is InChI=1S/C18H22N4O/c1-2-4-12(5-3-1)15-10-22-16(21-15)9-20-18-17(22)14(8-19-18)13-6-7-23-11-13/h8-10,12-13,19H,1-7,11H2. The third-order valence-corrected chi connectivity index (χ3v) is 5.56. The molecule has 1 atom stereocenters. The lowest BCUT2D eigenvalue weighted by atomic mass is 9.87. The first-order valence-electron chi connectivity index (χ1n) is 8.83. The van der Waals surface area contributed by atoms with Gasteiger partial charge in [-0.05, 0) is 19.3 Å². The van der Waals surface area contributed by atoms with Crippen LogP contribution in [0.1, 0.15) is 61.6 Å². The van der Waals surface area contributed by atoms with Gasteiger partial charge in [0.25, 0.3) is 0 Å². The maximum atomic E-state index is 5.58. The SMILES string of the molecule is c1[nH]c2ncc3nc(C4CCCCC4)cn3c2c1C1CCOC1. The van der Waals surface area contributed by atoms with Gasteiger partial charge < -0.3 is 9.72 Å². The first-order valence-corrected chi connectivity index (χ1v) is 8.83. The molecule has 4 heterocycles. The number of ether oxygens (including phenoxy) is 1. The molecule has 2 fully saturated rings. The van der Waals surface area contributed by atoms with E-state index in [-0.39, 0.29) is 0 Å². The highest BCUT2D eigenvalue weighted by molar-refractivity contribution is 5.79. The quantitative estimate of drug-likeness (QED) is 0.784. The van der Waals surface area contributed by atoms with Gasteiger partial charge in [-0.3, -0.25) is 4.40 Å². The van der Waals surface area contributed by atoms with Gasteiger partial charge in [-0.25, -0.2) is 9.97 Å². The van der Waals surface area contributed by atoms with Gasteiger partial charge in [0.05, 0.1) is 24.0 Å². The summed E-state index contributed by atoms with van der Waals surface area (Å²) in [4.78, 5) is 12.8. The summed E-state index contributed by atoms with van der Waals surface area (Å²) >= 11 is 0. The fourth-order valence-electron chi connectivity index (χ4n) is 4.26. The maximum Gasteiger partial charge on any atom is 0.156 e. The first kappa shape index (κ1) is 13.5. The number of fused-ring (bicyclic) bond motifs is 3. The molecule has 23 heavy (non-hydrogen) atoms. The van der Waals surface area contributed by atoms with Crippen molar-refractivity contribution in [1.82, 2.24) is 19.4 Å². The fraction of sp³-hybridized carbons (Fsp3) is 0.556. The van der Waals surface area contributed by atoms with Crippen LogP contribution in [0.15, 0.2) is 18.6 Å². The van der Waals surface area contributed by atoms with Crippen LogP contribution in [0.5, 0.6) is 0 Å². The smallest absolute Gasteiger partial charge is 0.156 e. The van der Waals surface area contributed by atoms with Crippen molar-refractivity contribution in [2.75, 3.05) is 13.2 Å². The summed E-state index contributed by atoms with van der Waals surface area (Å²) in [5, 5.41) is 0. The van der Waals surface area contributed by atoms with Crippen molar-refractivity contribution in [1.29, 1.82) is 0 Å². The molecule has 1 unspecified atom stereocenters. The summed E-state index contributed by atoms with van der Waals surface area (Å²) in [5.41, 5.74) is 5.68. The van der Waals surface area contributed by atoms with Crippen molar-refractivity contribution < 1.29 is 4.74 Å². The van der Waals surface area contributed by atoms with Crippen molar-refractivity contribution in [3.8, 4) is 0 Å². The van der Waals surface area contributed by atoms with Crippen LogP contribution in [-0.2, 0) is 4.74 Å². The molecule has 2 aliphatic rings. The van der Waals surface area contributed by atoms with Gasteiger partial charge in [-0.1, -0.05) is 19.3 Å². The summed E-state index contributed by atoms with van der Waals surface area (Å²) in [7, 11) is 0. The Bertz CT molecular complexity index is 837. The minimum atomic E-state index is 0.469. The van der Waals surface area contributed by atoms with Gasteiger partial charge in [0, 0.05) is 36.4 Å². The third-order valence-electron chi connectivity index (χ3n) is 5.56. The normalized spacial score (nSPS) is 23.2. The molecule has 1 saturated heterocycles. The number of nitrogens with zero attached hydrogens (tertiary/aromatic N) is 3. The number of hydrogen-bond acceptors (Lipinski definition) is 3. The Morgan fingerprint density at radius 2 is 2.04 bits per heavy atom. The molecule has 1 N–H and O–H groups in total. The van der Waals surface area contributed by atoms with Crippen molar-refractivity contribution >= 4 is 16.8 Å². The number of hydrogen-bond donors (Lipinski definition) is 1. The molecule has 5 nitrogen and oxygen atoms in total. The lowest BCUT2D eigenvalue weighted by Gasteiger charge is -2.19. The van der Waals surface area contributed by atoms with E-state index in [1.54, 1.807) is 0 Å². The average Bonchev–Trinajstić information content (AvgIpc) is 3.32. The second-order valence-electron chi connectivity index (χ2n) is 6.99. The molecule has 5 heteroatoms. The van der Waals surface area contributed by atoms with Gasteiger partial charge in [0.1, 0.15) is 0 Å². The predicted molar refractivity (Wildman–Crippen MR) is 88.8 cm³/mol. The van der Waals surface area contributed by atoms with Crippen molar-refractivity contribution in [2.45, 2.75) is 50.4 Å². The second kappa shape index (κ2) is 5.34. The average molecular weight is 310 g/mol. The van der Waals surface area contributed by atoms with E-state index >= 15 is 0 Å². The molecule has 120 valence electrons. The van der Waals surface area contributed by atoms with Crippen LogP contribution in [0, 0.1) is 0 Å². The van der Waals surface area contributed by atoms with Crippen LogP contribution in [-0.4, -0.2) is 32.6 Å². The van der Waals surface area contributed by atoms with E-state index < -0.39 is 0 Å². The Kier molecular flexibility index (Phi) is 3.14. The molecule has 3 aromatic rings. The molecule has 0 bridgehead atoms. The highest BCUT2D eigenvalue weighted by atomic mass is 16.5.